The summed E-state index contributed by atoms with van der Waals surface area (Å²) in [7, 11) is 0. The highest BCUT2D eigenvalue weighted by atomic mass is 16.3. The standard InChI is InChI=1S/C17H29NO2/c1-13(2)9-14-5-7-15(8-6-14)16(20)10-18-11-17(3,4)12-19/h5-8,13,16,18-20H,9-12H2,1-4H3. The summed E-state index contributed by atoms with van der Waals surface area (Å²) in [6.45, 7) is 9.73. The molecule has 0 aromatic heterocycles. The Kier molecular flexibility index (Phi) is 6.66. The molecule has 0 aliphatic carbocycles. The first kappa shape index (κ1) is 17.2. The van der Waals surface area contributed by atoms with Crippen molar-refractivity contribution in [2.45, 2.75) is 40.2 Å². The average Bonchev–Trinajstić information content (AvgIpc) is 2.38. The quantitative estimate of drug-likeness (QED) is 0.685. The van der Waals surface area contributed by atoms with Crippen molar-refractivity contribution in [3.05, 3.63) is 35.4 Å². The minimum atomic E-state index is -0.502. The lowest BCUT2D eigenvalue weighted by atomic mass is 9.95. The minimum absolute atomic E-state index is 0.139. The zero-order chi connectivity index (χ0) is 15.2. The second kappa shape index (κ2) is 7.77. The zero-order valence-corrected chi connectivity index (χ0v) is 13.2. The van der Waals surface area contributed by atoms with E-state index in [4.69, 9.17) is 0 Å². The monoisotopic (exact) mass is 279 g/mol. The third-order valence-electron chi connectivity index (χ3n) is 3.38. The Bertz CT molecular complexity index is 384. The van der Waals surface area contributed by atoms with Gasteiger partial charge in [0.2, 0.25) is 0 Å². The molecule has 20 heavy (non-hydrogen) atoms. The van der Waals surface area contributed by atoms with Crippen LogP contribution in [0.4, 0.5) is 0 Å². The lowest BCUT2D eigenvalue weighted by molar-refractivity contribution is 0.138. The Morgan fingerprint density at radius 3 is 2.25 bits per heavy atom. The average molecular weight is 279 g/mol. The van der Waals surface area contributed by atoms with Crippen LogP contribution in [0, 0.1) is 11.3 Å². The molecule has 0 heterocycles. The van der Waals surface area contributed by atoms with Crippen molar-refractivity contribution in [3.63, 3.8) is 0 Å². The first-order valence-corrected chi connectivity index (χ1v) is 7.42. The number of aliphatic hydroxyl groups excluding tert-OH is 2. The molecule has 0 saturated carbocycles. The molecule has 1 aromatic carbocycles. The fraction of sp³-hybridized carbons (Fsp3) is 0.647. The van der Waals surface area contributed by atoms with Gasteiger partial charge in [0.25, 0.3) is 0 Å². The topological polar surface area (TPSA) is 52.5 Å². The summed E-state index contributed by atoms with van der Waals surface area (Å²) in [5.74, 6) is 0.646. The molecule has 0 aliphatic rings. The summed E-state index contributed by atoms with van der Waals surface area (Å²) in [6, 6.07) is 8.19. The molecule has 3 N–H and O–H groups in total. The highest BCUT2D eigenvalue weighted by Gasteiger charge is 2.16. The van der Waals surface area contributed by atoms with E-state index in [9.17, 15) is 10.2 Å². The number of rotatable bonds is 8. The van der Waals surface area contributed by atoms with Gasteiger partial charge in [-0.2, -0.15) is 0 Å². The van der Waals surface area contributed by atoms with Crippen molar-refractivity contribution in [2.75, 3.05) is 19.7 Å². The first-order valence-electron chi connectivity index (χ1n) is 7.42. The van der Waals surface area contributed by atoms with Gasteiger partial charge in [-0.15, -0.1) is 0 Å². The SMILES string of the molecule is CC(C)Cc1ccc(C(O)CNCC(C)(C)CO)cc1. The second-order valence-electron chi connectivity index (χ2n) is 6.81. The summed E-state index contributed by atoms with van der Waals surface area (Å²) in [5, 5.41) is 22.5. The number of hydrogen-bond donors (Lipinski definition) is 3. The van der Waals surface area contributed by atoms with E-state index in [1.54, 1.807) is 0 Å². The highest BCUT2D eigenvalue weighted by molar-refractivity contribution is 5.24. The molecule has 0 saturated heterocycles. The number of benzene rings is 1. The predicted molar refractivity (Wildman–Crippen MR) is 83.7 cm³/mol. The summed E-state index contributed by atoms with van der Waals surface area (Å²) < 4.78 is 0. The van der Waals surface area contributed by atoms with Gasteiger partial charge >= 0.3 is 0 Å². The maximum absolute atomic E-state index is 10.1. The van der Waals surface area contributed by atoms with Crippen LogP contribution in [0.2, 0.25) is 0 Å². The van der Waals surface area contributed by atoms with Crippen molar-refractivity contribution < 1.29 is 10.2 Å². The maximum atomic E-state index is 10.1. The Morgan fingerprint density at radius 2 is 1.75 bits per heavy atom. The second-order valence-corrected chi connectivity index (χ2v) is 6.81. The lowest BCUT2D eigenvalue weighted by Gasteiger charge is -2.23. The molecule has 1 atom stereocenters. The highest BCUT2D eigenvalue weighted by Crippen LogP contribution is 2.16. The third kappa shape index (κ3) is 6.04. The van der Waals surface area contributed by atoms with Crippen LogP contribution in [-0.4, -0.2) is 29.9 Å². The fourth-order valence-electron chi connectivity index (χ4n) is 2.07. The van der Waals surface area contributed by atoms with E-state index in [2.05, 4.69) is 31.3 Å². The van der Waals surface area contributed by atoms with E-state index in [0.717, 1.165) is 12.0 Å². The van der Waals surface area contributed by atoms with Crippen LogP contribution in [0.15, 0.2) is 24.3 Å². The normalized spacial score (nSPS) is 13.8. The van der Waals surface area contributed by atoms with E-state index < -0.39 is 6.10 Å². The molecule has 0 amide bonds. The molecule has 0 bridgehead atoms. The van der Waals surface area contributed by atoms with Gasteiger partial charge in [0.1, 0.15) is 0 Å². The smallest absolute Gasteiger partial charge is 0.0914 e. The molecule has 3 nitrogen and oxygen atoms in total. The van der Waals surface area contributed by atoms with E-state index in [0.29, 0.717) is 19.0 Å². The molecule has 0 radical (unpaired) electrons. The Hall–Kier alpha value is -0.900. The molecule has 0 fully saturated rings. The Labute approximate surface area is 123 Å². The number of aliphatic hydroxyl groups is 2. The molecular weight excluding hydrogens is 250 g/mol. The van der Waals surface area contributed by atoms with Crippen LogP contribution in [0.3, 0.4) is 0 Å². The van der Waals surface area contributed by atoms with E-state index in [-0.39, 0.29) is 12.0 Å². The van der Waals surface area contributed by atoms with Gasteiger partial charge in [0, 0.05) is 25.1 Å². The van der Waals surface area contributed by atoms with Crippen LogP contribution >= 0.6 is 0 Å². The number of nitrogens with one attached hydrogen (secondary N) is 1. The molecule has 0 spiro atoms. The molecule has 0 aliphatic heterocycles. The number of hydrogen-bond acceptors (Lipinski definition) is 3. The minimum Gasteiger partial charge on any atom is -0.396 e. The lowest BCUT2D eigenvalue weighted by Crippen LogP contribution is -2.34. The summed E-state index contributed by atoms with van der Waals surface area (Å²) in [4.78, 5) is 0. The van der Waals surface area contributed by atoms with E-state index in [1.807, 2.05) is 26.0 Å². The van der Waals surface area contributed by atoms with Crippen molar-refractivity contribution in [1.29, 1.82) is 0 Å². The molecular formula is C17H29NO2. The summed E-state index contributed by atoms with van der Waals surface area (Å²) in [5.41, 5.74) is 2.10. The van der Waals surface area contributed by atoms with Crippen LogP contribution in [0.5, 0.6) is 0 Å². The zero-order valence-electron chi connectivity index (χ0n) is 13.2. The van der Waals surface area contributed by atoms with Crippen LogP contribution < -0.4 is 5.32 Å². The van der Waals surface area contributed by atoms with Gasteiger partial charge in [-0.3, -0.25) is 0 Å². The predicted octanol–water partition coefficient (Wildman–Crippen LogP) is 2.53. The Balaban J connectivity index is 2.45. The summed E-state index contributed by atoms with van der Waals surface area (Å²) in [6.07, 6.45) is 0.567. The van der Waals surface area contributed by atoms with Crippen LogP contribution in [0.1, 0.15) is 44.9 Å². The van der Waals surface area contributed by atoms with Crippen molar-refractivity contribution >= 4 is 0 Å². The van der Waals surface area contributed by atoms with E-state index in [1.165, 1.54) is 5.56 Å². The van der Waals surface area contributed by atoms with Crippen LogP contribution in [-0.2, 0) is 6.42 Å². The van der Waals surface area contributed by atoms with Gasteiger partial charge in [0.05, 0.1) is 6.10 Å². The summed E-state index contributed by atoms with van der Waals surface area (Å²) >= 11 is 0. The van der Waals surface area contributed by atoms with E-state index >= 15 is 0 Å². The van der Waals surface area contributed by atoms with Gasteiger partial charge in [-0.05, 0) is 23.5 Å². The molecule has 1 aromatic rings. The Morgan fingerprint density at radius 1 is 1.15 bits per heavy atom. The van der Waals surface area contributed by atoms with Crippen LogP contribution in [0.25, 0.3) is 0 Å². The van der Waals surface area contributed by atoms with Crippen molar-refractivity contribution in [3.8, 4) is 0 Å². The largest absolute Gasteiger partial charge is 0.396 e. The fourth-order valence-corrected chi connectivity index (χ4v) is 2.07. The molecule has 1 unspecified atom stereocenters. The van der Waals surface area contributed by atoms with Crippen molar-refractivity contribution in [1.82, 2.24) is 5.32 Å². The van der Waals surface area contributed by atoms with Gasteiger partial charge in [-0.1, -0.05) is 52.0 Å². The molecule has 1 rings (SSSR count). The first-order chi connectivity index (χ1) is 9.34. The molecule has 3 heteroatoms. The van der Waals surface area contributed by atoms with Crippen molar-refractivity contribution in [2.24, 2.45) is 11.3 Å². The van der Waals surface area contributed by atoms with Gasteiger partial charge < -0.3 is 15.5 Å². The third-order valence-corrected chi connectivity index (χ3v) is 3.38. The maximum Gasteiger partial charge on any atom is 0.0914 e. The molecule has 114 valence electrons. The van der Waals surface area contributed by atoms with Gasteiger partial charge in [0.15, 0.2) is 0 Å². The van der Waals surface area contributed by atoms with Gasteiger partial charge in [-0.25, -0.2) is 0 Å².